The maximum Gasteiger partial charge on any atom is 0.334 e. The lowest BCUT2D eigenvalue weighted by molar-refractivity contribution is -0.144. The predicted octanol–water partition coefficient (Wildman–Crippen LogP) is 6.23. The summed E-state index contributed by atoms with van der Waals surface area (Å²) in [7, 11) is 0. The molecule has 0 bridgehead atoms. The van der Waals surface area contributed by atoms with Crippen molar-refractivity contribution >= 4 is 11.9 Å². The zero-order valence-corrected chi connectivity index (χ0v) is 18.9. The van der Waals surface area contributed by atoms with Gasteiger partial charge < -0.3 is 9.47 Å². The lowest BCUT2D eigenvalue weighted by atomic mass is 9.80. The van der Waals surface area contributed by atoms with E-state index in [9.17, 15) is 9.59 Å². The fraction of sp³-hybridized carbons (Fsp3) is 0.833. The molecule has 1 aliphatic rings. The summed E-state index contributed by atoms with van der Waals surface area (Å²) in [4.78, 5) is 26.0. The molecule has 0 N–H and O–H groups in total. The second kappa shape index (κ2) is 13.8. The average molecular weight is 395 g/mol. The topological polar surface area (TPSA) is 52.6 Å². The van der Waals surface area contributed by atoms with Gasteiger partial charge in [0.2, 0.25) is 0 Å². The predicted molar refractivity (Wildman–Crippen MR) is 114 cm³/mol. The van der Waals surface area contributed by atoms with Gasteiger partial charge in [0.25, 0.3) is 0 Å². The quantitative estimate of drug-likeness (QED) is 0.224. The first kappa shape index (κ1) is 24.7. The van der Waals surface area contributed by atoms with E-state index in [1.807, 2.05) is 27.7 Å². The standard InChI is InChI=1S/C24H42O4/c1-6-7-8-12-15-21(23(25)27-16-18(2)3)22(20-13-10-9-11-14-20)24(26)28-17-19(4)5/h18-20H,6-17H2,1-5H3/b22-21-. The molecule has 0 atom stereocenters. The van der Waals surface area contributed by atoms with Crippen LogP contribution in [0.15, 0.2) is 11.1 Å². The van der Waals surface area contributed by atoms with E-state index in [-0.39, 0.29) is 29.7 Å². The van der Waals surface area contributed by atoms with Crippen LogP contribution in [0, 0.1) is 17.8 Å². The molecule has 0 heterocycles. The third kappa shape index (κ3) is 9.25. The van der Waals surface area contributed by atoms with Crippen LogP contribution in [0.2, 0.25) is 0 Å². The third-order valence-electron chi connectivity index (χ3n) is 5.18. The number of rotatable bonds is 12. The molecular weight excluding hydrogens is 352 g/mol. The molecule has 1 aliphatic carbocycles. The number of ether oxygens (including phenoxy) is 2. The number of unbranched alkanes of at least 4 members (excludes halogenated alkanes) is 3. The molecule has 4 nitrogen and oxygen atoms in total. The van der Waals surface area contributed by atoms with E-state index in [1.165, 1.54) is 6.42 Å². The molecule has 0 amide bonds. The molecule has 0 unspecified atom stereocenters. The summed E-state index contributed by atoms with van der Waals surface area (Å²) in [5.74, 6) is 0.0646. The highest BCUT2D eigenvalue weighted by Gasteiger charge is 2.31. The zero-order valence-electron chi connectivity index (χ0n) is 18.9. The molecule has 0 saturated heterocycles. The minimum atomic E-state index is -0.313. The van der Waals surface area contributed by atoms with Gasteiger partial charge >= 0.3 is 11.9 Å². The van der Waals surface area contributed by atoms with Crippen molar-refractivity contribution < 1.29 is 19.1 Å². The molecule has 0 aromatic rings. The molecule has 162 valence electrons. The van der Waals surface area contributed by atoms with Crippen LogP contribution in [-0.4, -0.2) is 25.2 Å². The van der Waals surface area contributed by atoms with Crippen LogP contribution in [-0.2, 0) is 19.1 Å². The molecule has 1 fully saturated rings. The van der Waals surface area contributed by atoms with E-state index in [1.54, 1.807) is 0 Å². The number of carbonyl (C=O) groups excluding carboxylic acids is 2. The van der Waals surface area contributed by atoms with Gasteiger partial charge in [-0.2, -0.15) is 0 Å². The Morgan fingerprint density at radius 3 is 1.93 bits per heavy atom. The van der Waals surface area contributed by atoms with E-state index in [4.69, 9.17) is 9.47 Å². The van der Waals surface area contributed by atoms with Crippen molar-refractivity contribution in [2.45, 2.75) is 98.8 Å². The highest BCUT2D eigenvalue weighted by atomic mass is 16.5. The largest absolute Gasteiger partial charge is 0.462 e. The monoisotopic (exact) mass is 394 g/mol. The van der Waals surface area contributed by atoms with Crippen LogP contribution < -0.4 is 0 Å². The Labute approximate surface area is 172 Å². The normalized spacial score (nSPS) is 16.2. The molecule has 4 heteroatoms. The molecule has 0 aromatic heterocycles. The van der Waals surface area contributed by atoms with Gasteiger partial charge in [-0.15, -0.1) is 0 Å². The van der Waals surface area contributed by atoms with Crippen molar-refractivity contribution in [2.75, 3.05) is 13.2 Å². The first-order valence-electron chi connectivity index (χ1n) is 11.4. The Bertz CT molecular complexity index is 499. The van der Waals surface area contributed by atoms with E-state index in [2.05, 4.69) is 6.92 Å². The van der Waals surface area contributed by atoms with Gasteiger partial charge in [-0.25, -0.2) is 9.59 Å². The maximum absolute atomic E-state index is 13.0. The number of hydrogen-bond donors (Lipinski definition) is 0. The highest BCUT2D eigenvalue weighted by Crippen LogP contribution is 2.34. The molecule has 28 heavy (non-hydrogen) atoms. The minimum absolute atomic E-state index is 0.126. The Morgan fingerprint density at radius 1 is 0.821 bits per heavy atom. The Morgan fingerprint density at radius 2 is 1.39 bits per heavy atom. The fourth-order valence-corrected chi connectivity index (χ4v) is 3.65. The van der Waals surface area contributed by atoms with Gasteiger partial charge in [0, 0.05) is 5.57 Å². The average Bonchev–Trinajstić information content (AvgIpc) is 2.67. The van der Waals surface area contributed by atoms with Crippen molar-refractivity contribution in [3.05, 3.63) is 11.1 Å². The summed E-state index contributed by atoms with van der Waals surface area (Å²) in [5.41, 5.74) is 1.20. The minimum Gasteiger partial charge on any atom is -0.462 e. The van der Waals surface area contributed by atoms with Gasteiger partial charge in [-0.1, -0.05) is 73.1 Å². The molecule has 0 spiro atoms. The van der Waals surface area contributed by atoms with Gasteiger partial charge in [-0.05, 0) is 43.4 Å². The summed E-state index contributed by atoms with van der Waals surface area (Å²) in [5, 5.41) is 0. The first-order valence-corrected chi connectivity index (χ1v) is 11.4. The van der Waals surface area contributed by atoms with Crippen LogP contribution in [0.3, 0.4) is 0 Å². The van der Waals surface area contributed by atoms with Crippen molar-refractivity contribution in [3.8, 4) is 0 Å². The fourth-order valence-electron chi connectivity index (χ4n) is 3.65. The number of hydrogen-bond acceptors (Lipinski definition) is 4. The van der Waals surface area contributed by atoms with E-state index in [0.717, 1.165) is 51.4 Å². The number of carbonyl (C=O) groups is 2. The van der Waals surface area contributed by atoms with E-state index < -0.39 is 0 Å². The summed E-state index contributed by atoms with van der Waals surface area (Å²) in [6.45, 7) is 11.0. The van der Waals surface area contributed by atoms with Crippen molar-refractivity contribution in [3.63, 3.8) is 0 Å². The molecule has 0 radical (unpaired) electrons. The van der Waals surface area contributed by atoms with Crippen LogP contribution in [0.4, 0.5) is 0 Å². The molecule has 1 saturated carbocycles. The lowest BCUT2D eigenvalue weighted by Crippen LogP contribution is -2.25. The summed E-state index contributed by atoms with van der Waals surface area (Å²) in [6.07, 6.45) is 10.2. The smallest absolute Gasteiger partial charge is 0.334 e. The van der Waals surface area contributed by atoms with Crippen LogP contribution in [0.5, 0.6) is 0 Å². The molecule has 1 rings (SSSR count). The van der Waals surface area contributed by atoms with Gasteiger partial charge in [-0.3, -0.25) is 0 Å². The molecular formula is C24H42O4. The van der Waals surface area contributed by atoms with E-state index >= 15 is 0 Å². The van der Waals surface area contributed by atoms with E-state index in [0.29, 0.717) is 30.8 Å². The number of esters is 2. The second-order valence-corrected chi connectivity index (χ2v) is 9.02. The van der Waals surface area contributed by atoms with Crippen LogP contribution in [0.1, 0.15) is 98.8 Å². The van der Waals surface area contributed by atoms with Crippen molar-refractivity contribution in [2.24, 2.45) is 17.8 Å². The van der Waals surface area contributed by atoms with Gasteiger partial charge in [0.05, 0.1) is 18.8 Å². The Balaban J connectivity index is 3.13. The van der Waals surface area contributed by atoms with Crippen molar-refractivity contribution in [1.29, 1.82) is 0 Å². The van der Waals surface area contributed by atoms with Crippen LogP contribution in [0.25, 0.3) is 0 Å². The zero-order chi connectivity index (χ0) is 20.9. The van der Waals surface area contributed by atoms with Crippen molar-refractivity contribution in [1.82, 2.24) is 0 Å². The maximum atomic E-state index is 13.0. The highest BCUT2D eigenvalue weighted by molar-refractivity contribution is 6.00. The first-order chi connectivity index (χ1) is 13.4. The Hall–Kier alpha value is -1.32. The summed E-state index contributed by atoms with van der Waals surface area (Å²) >= 11 is 0. The Kier molecular flexibility index (Phi) is 12.2. The molecule has 0 aliphatic heterocycles. The van der Waals surface area contributed by atoms with Crippen LogP contribution >= 0.6 is 0 Å². The van der Waals surface area contributed by atoms with Gasteiger partial charge in [0.15, 0.2) is 0 Å². The second-order valence-electron chi connectivity index (χ2n) is 9.02. The molecule has 0 aromatic carbocycles. The SMILES string of the molecule is CCCCCC/C(C(=O)OCC(C)C)=C(/C(=O)OCC(C)C)C1CCCCC1. The van der Waals surface area contributed by atoms with Gasteiger partial charge in [0.1, 0.15) is 0 Å². The lowest BCUT2D eigenvalue weighted by Gasteiger charge is -2.26. The summed E-state index contributed by atoms with van der Waals surface area (Å²) in [6, 6.07) is 0. The third-order valence-corrected chi connectivity index (χ3v) is 5.18. The summed E-state index contributed by atoms with van der Waals surface area (Å²) < 4.78 is 11.2.